The lowest BCUT2D eigenvalue weighted by molar-refractivity contribution is 0.0696. The normalized spacial score (nSPS) is 10.6. The number of carbonyl (C=O) groups excluding carboxylic acids is 1. The van der Waals surface area contributed by atoms with Gasteiger partial charge in [0.25, 0.3) is 0 Å². The maximum atomic E-state index is 12.3. The Morgan fingerprint density at radius 3 is 1.60 bits per heavy atom. The van der Waals surface area contributed by atoms with E-state index in [9.17, 15) is 9.59 Å². The van der Waals surface area contributed by atoms with Crippen molar-refractivity contribution in [3.8, 4) is 0 Å². The Balaban J connectivity index is 2.24. The van der Waals surface area contributed by atoms with Gasteiger partial charge in [0.05, 0.1) is 5.56 Å². The van der Waals surface area contributed by atoms with Gasteiger partial charge in [-0.3, -0.25) is 4.79 Å². The van der Waals surface area contributed by atoms with Crippen LogP contribution < -0.4 is 0 Å². The second kappa shape index (κ2) is 5.70. The van der Waals surface area contributed by atoms with Crippen molar-refractivity contribution < 1.29 is 14.7 Å². The van der Waals surface area contributed by atoms with E-state index in [0.29, 0.717) is 17.0 Å². The van der Waals surface area contributed by atoms with E-state index in [0.717, 1.165) is 0 Å². The van der Waals surface area contributed by atoms with Gasteiger partial charge in [-0.25, -0.2) is 4.79 Å². The number of rotatable bonds is 4. The Labute approximate surface area is 117 Å². The Kier molecular flexibility index (Phi) is 3.99. The predicted molar refractivity (Wildman–Crippen MR) is 77.4 cm³/mol. The summed E-state index contributed by atoms with van der Waals surface area (Å²) in [6, 6.07) is 13.5. The summed E-state index contributed by atoms with van der Waals surface area (Å²) in [6.07, 6.45) is 0. The van der Waals surface area contributed by atoms with Crippen LogP contribution in [0.15, 0.2) is 48.5 Å². The molecule has 0 saturated carbocycles. The zero-order valence-electron chi connectivity index (χ0n) is 11.5. The van der Waals surface area contributed by atoms with Gasteiger partial charge in [-0.1, -0.05) is 50.2 Å². The fourth-order valence-corrected chi connectivity index (χ4v) is 1.95. The van der Waals surface area contributed by atoms with Crippen molar-refractivity contribution in [3.05, 3.63) is 70.8 Å². The number of hydrogen-bond donors (Lipinski definition) is 1. The smallest absolute Gasteiger partial charge is 0.335 e. The molecular weight excluding hydrogens is 252 g/mol. The van der Waals surface area contributed by atoms with Gasteiger partial charge in [-0.2, -0.15) is 0 Å². The summed E-state index contributed by atoms with van der Waals surface area (Å²) in [4.78, 5) is 23.0. The zero-order valence-corrected chi connectivity index (χ0v) is 11.5. The summed E-state index contributed by atoms with van der Waals surface area (Å²) in [5, 5.41) is 8.83. The van der Waals surface area contributed by atoms with Gasteiger partial charge in [0.1, 0.15) is 0 Å². The number of carbonyl (C=O) groups is 2. The second-order valence-corrected chi connectivity index (χ2v) is 4.99. The molecule has 0 saturated heterocycles. The molecule has 2 aromatic carbocycles. The third-order valence-electron chi connectivity index (χ3n) is 3.23. The highest BCUT2D eigenvalue weighted by Crippen LogP contribution is 2.17. The summed E-state index contributed by atoms with van der Waals surface area (Å²) in [6.45, 7) is 4.20. The lowest BCUT2D eigenvalue weighted by Gasteiger charge is -2.06. The van der Waals surface area contributed by atoms with Crippen LogP contribution in [0.3, 0.4) is 0 Å². The SMILES string of the molecule is CC(C)c1ccc(C(=O)c2ccc(C(=O)O)cc2)cc1. The lowest BCUT2D eigenvalue weighted by atomic mass is 9.97. The number of hydrogen-bond acceptors (Lipinski definition) is 2. The fourth-order valence-electron chi connectivity index (χ4n) is 1.95. The van der Waals surface area contributed by atoms with Gasteiger partial charge in [0.2, 0.25) is 0 Å². The molecule has 0 unspecified atom stereocenters. The van der Waals surface area contributed by atoms with E-state index in [-0.39, 0.29) is 11.3 Å². The quantitative estimate of drug-likeness (QED) is 0.859. The molecule has 0 aliphatic rings. The van der Waals surface area contributed by atoms with Crippen LogP contribution in [-0.2, 0) is 0 Å². The van der Waals surface area contributed by atoms with Crippen LogP contribution in [0.2, 0.25) is 0 Å². The average molecular weight is 268 g/mol. The molecule has 0 fully saturated rings. The maximum Gasteiger partial charge on any atom is 0.335 e. The van der Waals surface area contributed by atoms with E-state index in [2.05, 4.69) is 13.8 Å². The molecule has 2 aromatic rings. The minimum atomic E-state index is -0.995. The van der Waals surface area contributed by atoms with Gasteiger partial charge in [0.15, 0.2) is 5.78 Å². The third kappa shape index (κ3) is 2.94. The molecule has 0 aliphatic carbocycles. The fraction of sp³-hybridized carbons (Fsp3) is 0.176. The van der Waals surface area contributed by atoms with Crippen molar-refractivity contribution in [2.24, 2.45) is 0 Å². The molecule has 0 atom stereocenters. The molecule has 0 radical (unpaired) electrons. The number of aromatic carboxylic acids is 1. The van der Waals surface area contributed by atoms with Crippen molar-refractivity contribution >= 4 is 11.8 Å². The number of benzene rings is 2. The van der Waals surface area contributed by atoms with Gasteiger partial charge in [0, 0.05) is 11.1 Å². The monoisotopic (exact) mass is 268 g/mol. The minimum absolute atomic E-state index is 0.0998. The molecule has 0 amide bonds. The van der Waals surface area contributed by atoms with Crippen LogP contribution in [0, 0.1) is 0 Å². The highest BCUT2D eigenvalue weighted by atomic mass is 16.4. The topological polar surface area (TPSA) is 54.4 Å². The van der Waals surface area contributed by atoms with Gasteiger partial charge >= 0.3 is 5.97 Å². The molecule has 0 bridgehead atoms. The summed E-state index contributed by atoms with van der Waals surface area (Å²) in [5.74, 6) is -0.670. The maximum absolute atomic E-state index is 12.3. The number of ketones is 1. The van der Waals surface area contributed by atoms with Crippen LogP contribution in [-0.4, -0.2) is 16.9 Å². The number of carboxylic acids is 1. The minimum Gasteiger partial charge on any atom is -0.478 e. The van der Waals surface area contributed by atoms with E-state index >= 15 is 0 Å². The van der Waals surface area contributed by atoms with Crippen molar-refractivity contribution in [1.29, 1.82) is 0 Å². The molecular formula is C17H16O3. The highest BCUT2D eigenvalue weighted by Gasteiger charge is 2.10. The van der Waals surface area contributed by atoms with Gasteiger partial charge in [-0.05, 0) is 23.6 Å². The van der Waals surface area contributed by atoms with E-state index in [4.69, 9.17) is 5.11 Å². The van der Waals surface area contributed by atoms with E-state index in [1.807, 2.05) is 24.3 Å². The lowest BCUT2D eigenvalue weighted by Crippen LogP contribution is -2.03. The van der Waals surface area contributed by atoms with Crippen LogP contribution in [0.4, 0.5) is 0 Å². The first-order valence-corrected chi connectivity index (χ1v) is 6.47. The molecule has 1 N–H and O–H groups in total. The van der Waals surface area contributed by atoms with E-state index in [1.165, 1.54) is 17.7 Å². The number of carboxylic acid groups (broad SMARTS) is 1. The average Bonchev–Trinajstić information content (AvgIpc) is 2.46. The summed E-state index contributed by atoms with van der Waals surface area (Å²) >= 11 is 0. The Bertz CT molecular complexity index is 622. The van der Waals surface area contributed by atoms with Crippen LogP contribution in [0.1, 0.15) is 51.6 Å². The summed E-state index contributed by atoms with van der Waals surface area (Å²) in [5.41, 5.74) is 2.46. The Morgan fingerprint density at radius 2 is 1.20 bits per heavy atom. The first-order valence-electron chi connectivity index (χ1n) is 6.47. The molecule has 0 heterocycles. The molecule has 0 spiro atoms. The van der Waals surface area contributed by atoms with Crippen LogP contribution in [0.25, 0.3) is 0 Å². The molecule has 2 rings (SSSR count). The van der Waals surface area contributed by atoms with Crippen LogP contribution in [0.5, 0.6) is 0 Å². The van der Waals surface area contributed by atoms with Crippen LogP contribution >= 0.6 is 0 Å². The second-order valence-electron chi connectivity index (χ2n) is 4.99. The zero-order chi connectivity index (χ0) is 14.7. The molecule has 0 aliphatic heterocycles. The van der Waals surface area contributed by atoms with Crippen molar-refractivity contribution in [2.45, 2.75) is 19.8 Å². The molecule has 3 nitrogen and oxygen atoms in total. The summed E-state index contributed by atoms with van der Waals surface area (Å²) < 4.78 is 0. The van der Waals surface area contributed by atoms with Gasteiger partial charge in [-0.15, -0.1) is 0 Å². The third-order valence-corrected chi connectivity index (χ3v) is 3.23. The molecule has 102 valence electrons. The van der Waals surface area contributed by atoms with E-state index in [1.54, 1.807) is 12.1 Å². The van der Waals surface area contributed by atoms with Gasteiger partial charge < -0.3 is 5.11 Å². The van der Waals surface area contributed by atoms with Crippen molar-refractivity contribution in [3.63, 3.8) is 0 Å². The predicted octanol–water partition coefficient (Wildman–Crippen LogP) is 3.74. The Morgan fingerprint density at radius 1 is 0.800 bits per heavy atom. The Hall–Kier alpha value is -2.42. The van der Waals surface area contributed by atoms with Crippen molar-refractivity contribution in [2.75, 3.05) is 0 Å². The standard InChI is InChI=1S/C17H16O3/c1-11(2)12-3-5-13(6-4-12)16(18)14-7-9-15(10-8-14)17(19)20/h3-11H,1-2H3,(H,19,20). The first-order chi connectivity index (χ1) is 9.49. The highest BCUT2D eigenvalue weighted by molar-refractivity contribution is 6.09. The largest absolute Gasteiger partial charge is 0.478 e. The summed E-state index contributed by atoms with van der Waals surface area (Å²) in [7, 11) is 0. The first kappa shape index (κ1) is 14.0. The molecule has 3 heteroatoms. The molecule has 20 heavy (non-hydrogen) atoms. The molecule has 0 aromatic heterocycles. The van der Waals surface area contributed by atoms with Crippen molar-refractivity contribution in [1.82, 2.24) is 0 Å². The van der Waals surface area contributed by atoms with E-state index < -0.39 is 5.97 Å².